The quantitative estimate of drug-likeness (QED) is 0.558. The van der Waals surface area contributed by atoms with Gasteiger partial charge in [0, 0.05) is 6.92 Å². The molecule has 0 heterocycles. The first-order chi connectivity index (χ1) is 6.13. The Morgan fingerprint density at radius 1 is 1.62 bits per heavy atom. The van der Waals surface area contributed by atoms with Crippen LogP contribution < -0.4 is 4.74 Å². The molecule has 0 spiro atoms. The van der Waals surface area contributed by atoms with Crippen LogP contribution in [0.15, 0.2) is 22.7 Å². The van der Waals surface area contributed by atoms with Gasteiger partial charge < -0.3 is 4.74 Å². The molecule has 0 radical (unpaired) electrons. The second-order valence-electron chi connectivity index (χ2n) is 2.35. The Kier molecular flexibility index (Phi) is 3.04. The van der Waals surface area contributed by atoms with Crippen LogP contribution in [0, 0.1) is 11.3 Å². The number of hydrogen-bond acceptors (Lipinski definition) is 3. The van der Waals surface area contributed by atoms with Gasteiger partial charge in [0.1, 0.15) is 5.75 Å². The average molecular weight is 240 g/mol. The number of carbonyl (C=O) groups excluding carboxylic acids is 1. The van der Waals surface area contributed by atoms with E-state index in [9.17, 15) is 4.79 Å². The van der Waals surface area contributed by atoms with Gasteiger partial charge >= 0.3 is 5.97 Å². The number of nitrogens with zero attached hydrogens (tertiary/aromatic N) is 1. The highest BCUT2D eigenvalue weighted by Gasteiger charge is 2.04. The summed E-state index contributed by atoms with van der Waals surface area (Å²) >= 11 is 3.19. The monoisotopic (exact) mass is 239 g/mol. The van der Waals surface area contributed by atoms with Crippen molar-refractivity contribution >= 4 is 21.9 Å². The van der Waals surface area contributed by atoms with E-state index in [2.05, 4.69) is 15.9 Å². The molecule has 1 aromatic rings. The van der Waals surface area contributed by atoms with Crippen molar-refractivity contribution in [2.45, 2.75) is 6.92 Å². The van der Waals surface area contributed by atoms with Crippen molar-refractivity contribution in [1.82, 2.24) is 0 Å². The highest BCUT2D eigenvalue weighted by Crippen LogP contribution is 2.25. The van der Waals surface area contributed by atoms with Gasteiger partial charge in [0.05, 0.1) is 16.1 Å². The first kappa shape index (κ1) is 9.75. The van der Waals surface area contributed by atoms with Gasteiger partial charge in [0.15, 0.2) is 0 Å². The Morgan fingerprint density at radius 2 is 2.31 bits per heavy atom. The molecular formula is C9H6BrNO2. The number of rotatable bonds is 1. The number of halogens is 1. The molecule has 4 heteroatoms. The first-order valence-corrected chi connectivity index (χ1v) is 4.31. The zero-order valence-corrected chi connectivity index (χ0v) is 8.46. The molecule has 0 fully saturated rings. The number of nitriles is 1. The van der Waals surface area contributed by atoms with Crippen molar-refractivity contribution in [3.8, 4) is 11.8 Å². The zero-order valence-electron chi connectivity index (χ0n) is 6.87. The molecule has 1 rings (SSSR count). The third kappa shape index (κ3) is 2.56. The second-order valence-corrected chi connectivity index (χ2v) is 3.20. The van der Waals surface area contributed by atoms with E-state index in [0.717, 1.165) is 0 Å². The van der Waals surface area contributed by atoms with Crippen molar-refractivity contribution < 1.29 is 9.53 Å². The van der Waals surface area contributed by atoms with Gasteiger partial charge in [-0.05, 0) is 34.1 Å². The molecule has 0 aliphatic rings. The summed E-state index contributed by atoms with van der Waals surface area (Å²) in [6.07, 6.45) is 0. The van der Waals surface area contributed by atoms with E-state index in [-0.39, 0.29) is 5.97 Å². The summed E-state index contributed by atoms with van der Waals surface area (Å²) in [5.74, 6) is 0.0388. The highest BCUT2D eigenvalue weighted by atomic mass is 79.9. The van der Waals surface area contributed by atoms with Gasteiger partial charge in [0.2, 0.25) is 0 Å². The molecule has 0 saturated heterocycles. The minimum absolute atomic E-state index is 0.384. The minimum atomic E-state index is -0.384. The molecular weight excluding hydrogens is 234 g/mol. The fraction of sp³-hybridized carbons (Fsp3) is 0.111. The maximum absolute atomic E-state index is 10.6. The Labute approximate surface area is 84.1 Å². The van der Waals surface area contributed by atoms with Crippen LogP contribution in [0.5, 0.6) is 5.75 Å². The molecule has 0 unspecified atom stereocenters. The van der Waals surface area contributed by atoms with Crippen molar-refractivity contribution in [2.75, 3.05) is 0 Å². The van der Waals surface area contributed by atoms with Crippen molar-refractivity contribution in [3.05, 3.63) is 28.2 Å². The average Bonchev–Trinajstić information content (AvgIpc) is 2.08. The number of carbonyl (C=O) groups is 1. The molecule has 0 saturated carbocycles. The molecule has 0 aliphatic heterocycles. The zero-order chi connectivity index (χ0) is 9.84. The van der Waals surface area contributed by atoms with Gasteiger partial charge in [-0.2, -0.15) is 5.26 Å². The molecule has 0 aliphatic carbocycles. The molecule has 0 N–H and O–H groups in total. The summed E-state index contributed by atoms with van der Waals surface area (Å²) < 4.78 is 5.45. The summed E-state index contributed by atoms with van der Waals surface area (Å²) in [7, 11) is 0. The molecule has 66 valence electrons. The molecule has 0 amide bonds. The molecule has 1 aromatic carbocycles. The standard InChI is InChI=1S/C9H6BrNO2/c1-6(12)13-9-3-2-7(5-11)4-8(9)10/h2-4H,1H3. The Morgan fingerprint density at radius 3 is 2.77 bits per heavy atom. The van der Waals surface area contributed by atoms with E-state index in [1.54, 1.807) is 18.2 Å². The second kappa shape index (κ2) is 4.06. The summed E-state index contributed by atoms with van der Waals surface area (Å²) in [5, 5.41) is 8.56. The van der Waals surface area contributed by atoms with Crippen LogP contribution >= 0.6 is 15.9 Å². The van der Waals surface area contributed by atoms with Gasteiger partial charge in [0.25, 0.3) is 0 Å². The van der Waals surface area contributed by atoms with E-state index >= 15 is 0 Å². The maximum Gasteiger partial charge on any atom is 0.308 e. The molecule has 13 heavy (non-hydrogen) atoms. The lowest BCUT2D eigenvalue weighted by Gasteiger charge is -2.02. The van der Waals surface area contributed by atoms with Gasteiger partial charge in [-0.1, -0.05) is 0 Å². The van der Waals surface area contributed by atoms with Crippen LogP contribution in [0.4, 0.5) is 0 Å². The Bertz CT molecular complexity index is 382. The van der Waals surface area contributed by atoms with Crippen molar-refractivity contribution in [2.24, 2.45) is 0 Å². The van der Waals surface area contributed by atoms with Gasteiger partial charge in [-0.3, -0.25) is 4.79 Å². The summed E-state index contributed by atoms with van der Waals surface area (Å²) in [6.45, 7) is 1.32. The van der Waals surface area contributed by atoms with Crippen LogP contribution in [0.3, 0.4) is 0 Å². The van der Waals surface area contributed by atoms with Crippen LogP contribution in [-0.2, 0) is 4.79 Å². The lowest BCUT2D eigenvalue weighted by molar-refractivity contribution is -0.131. The number of hydrogen-bond donors (Lipinski definition) is 0. The maximum atomic E-state index is 10.6. The molecule has 0 bridgehead atoms. The summed E-state index contributed by atoms with van der Waals surface area (Å²) in [4.78, 5) is 10.6. The molecule has 0 atom stereocenters. The largest absolute Gasteiger partial charge is 0.426 e. The lowest BCUT2D eigenvalue weighted by atomic mass is 10.2. The van der Waals surface area contributed by atoms with E-state index in [1.165, 1.54) is 6.92 Å². The first-order valence-electron chi connectivity index (χ1n) is 3.51. The van der Waals surface area contributed by atoms with E-state index in [4.69, 9.17) is 10.00 Å². The van der Waals surface area contributed by atoms with Crippen LogP contribution in [0.25, 0.3) is 0 Å². The lowest BCUT2D eigenvalue weighted by Crippen LogP contribution is -2.01. The summed E-state index contributed by atoms with van der Waals surface area (Å²) in [6, 6.07) is 6.73. The summed E-state index contributed by atoms with van der Waals surface area (Å²) in [5.41, 5.74) is 0.516. The predicted octanol–water partition coefficient (Wildman–Crippen LogP) is 2.25. The van der Waals surface area contributed by atoms with Crippen molar-refractivity contribution in [1.29, 1.82) is 5.26 Å². The molecule has 0 aromatic heterocycles. The van der Waals surface area contributed by atoms with Gasteiger partial charge in [-0.15, -0.1) is 0 Å². The normalized spacial score (nSPS) is 9.00. The smallest absolute Gasteiger partial charge is 0.308 e. The topological polar surface area (TPSA) is 50.1 Å². The van der Waals surface area contributed by atoms with Crippen LogP contribution in [0.2, 0.25) is 0 Å². The highest BCUT2D eigenvalue weighted by molar-refractivity contribution is 9.10. The Hall–Kier alpha value is -1.34. The predicted molar refractivity (Wildman–Crippen MR) is 50.2 cm³/mol. The molecule has 3 nitrogen and oxygen atoms in total. The number of ether oxygens (including phenoxy) is 1. The van der Waals surface area contributed by atoms with E-state index in [1.807, 2.05) is 6.07 Å². The van der Waals surface area contributed by atoms with Gasteiger partial charge in [-0.25, -0.2) is 0 Å². The number of esters is 1. The number of benzene rings is 1. The van der Waals surface area contributed by atoms with Crippen LogP contribution in [0.1, 0.15) is 12.5 Å². The fourth-order valence-electron chi connectivity index (χ4n) is 0.808. The SMILES string of the molecule is CC(=O)Oc1ccc(C#N)cc1Br. The van der Waals surface area contributed by atoms with E-state index in [0.29, 0.717) is 15.8 Å². The van der Waals surface area contributed by atoms with Crippen LogP contribution in [-0.4, -0.2) is 5.97 Å². The van der Waals surface area contributed by atoms with Crippen molar-refractivity contribution in [3.63, 3.8) is 0 Å². The Balaban J connectivity index is 3.00. The fourth-order valence-corrected chi connectivity index (χ4v) is 1.27. The van der Waals surface area contributed by atoms with E-state index < -0.39 is 0 Å². The third-order valence-electron chi connectivity index (χ3n) is 1.31. The minimum Gasteiger partial charge on any atom is -0.426 e. The third-order valence-corrected chi connectivity index (χ3v) is 1.93.